The molecule has 24 heavy (non-hydrogen) atoms. The Bertz CT molecular complexity index is 683. The summed E-state index contributed by atoms with van der Waals surface area (Å²) in [6, 6.07) is 6.27. The van der Waals surface area contributed by atoms with E-state index in [1.165, 1.54) is 24.3 Å². The molecule has 3 aliphatic rings. The Hall–Kier alpha value is -1.35. The van der Waals surface area contributed by atoms with Crippen LogP contribution < -0.4 is 0 Å². The number of carbonyl (C=O) groups excluding carboxylic acids is 1. The lowest BCUT2D eigenvalue weighted by molar-refractivity contribution is -0.455. The third kappa shape index (κ3) is 1.64. The van der Waals surface area contributed by atoms with Crippen LogP contribution in [0.25, 0.3) is 0 Å². The van der Waals surface area contributed by atoms with Gasteiger partial charge in [-0.3, -0.25) is 14.5 Å². The van der Waals surface area contributed by atoms with Gasteiger partial charge in [0, 0.05) is 11.1 Å². The molecule has 0 spiro atoms. The number of hydrogen-bond acceptors (Lipinski definition) is 7. The highest BCUT2D eigenvalue weighted by molar-refractivity contribution is 6.08. The van der Waals surface area contributed by atoms with Gasteiger partial charge in [-0.15, -0.1) is 10.1 Å². The normalized spacial score (nSPS) is 39.4. The molecule has 7 heteroatoms. The zero-order valence-electron chi connectivity index (χ0n) is 13.8. The van der Waals surface area contributed by atoms with Crippen LogP contribution in [0.4, 0.5) is 0 Å². The molecule has 1 heterocycles. The van der Waals surface area contributed by atoms with Crippen LogP contribution in [0.2, 0.25) is 0 Å². The second-order valence-electron chi connectivity index (χ2n) is 6.66. The number of fused-ring (bicyclic) bond motifs is 4. The Kier molecular flexibility index (Phi) is 3.58. The first-order valence-electron chi connectivity index (χ1n) is 8.27. The van der Waals surface area contributed by atoms with Crippen molar-refractivity contribution in [2.45, 2.75) is 49.2 Å². The van der Waals surface area contributed by atoms with Crippen molar-refractivity contribution >= 4 is 5.78 Å². The lowest BCUT2D eigenvalue weighted by Gasteiger charge is -2.59. The molecule has 1 saturated heterocycles. The molecule has 2 N–H and O–H groups in total. The van der Waals surface area contributed by atoms with E-state index < -0.39 is 17.2 Å². The molecule has 1 aromatic rings. The van der Waals surface area contributed by atoms with E-state index in [4.69, 9.17) is 9.68 Å². The van der Waals surface area contributed by atoms with E-state index in [0.29, 0.717) is 5.56 Å². The van der Waals surface area contributed by atoms with Gasteiger partial charge in [0.1, 0.15) is 0 Å². The van der Waals surface area contributed by atoms with Crippen LogP contribution in [0.15, 0.2) is 24.3 Å². The van der Waals surface area contributed by atoms with Crippen molar-refractivity contribution in [3.05, 3.63) is 35.4 Å². The highest BCUT2D eigenvalue weighted by Gasteiger charge is 2.75. The van der Waals surface area contributed by atoms with Crippen molar-refractivity contribution in [2.75, 3.05) is 14.2 Å². The van der Waals surface area contributed by atoms with Crippen molar-refractivity contribution in [3.8, 4) is 0 Å². The van der Waals surface area contributed by atoms with E-state index in [0.717, 1.165) is 25.7 Å². The SMILES string of the molecule is CON1[C@@H]2CCCC[C@@H]2N(OC)[C@@]2(O)C(=O)c3ccccc3[C@@]12O. The molecule has 130 valence electrons. The molecule has 7 nitrogen and oxygen atoms in total. The zero-order chi connectivity index (χ0) is 17.1. The van der Waals surface area contributed by atoms with E-state index in [2.05, 4.69) is 0 Å². The van der Waals surface area contributed by atoms with Gasteiger partial charge in [-0.05, 0) is 12.8 Å². The van der Waals surface area contributed by atoms with Gasteiger partial charge in [0.25, 0.3) is 5.72 Å². The highest BCUT2D eigenvalue weighted by atomic mass is 16.7. The monoisotopic (exact) mass is 334 g/mol. The van der Waals surface area contributed by atoms with Crippen LogP contribution in [0.5, 0.6) is 0 Å². The summed E-state index contributed by atoms with van der Waals surface area (Å²) in [5.74, 6) is -0.575. The fraction of sp³-hybridized carbons (Fsp3) is 0.588. The number of piperazine rings is 1. The van der Waals surface area contributed by atoms with Gasteiger partial charge < -0.3 is 10.2 Å². The first kappa shape index (κ1) is 16.1. The fourth-order valence-corrected chi connectivity index (χ4v) is 4.70. The molecule has 4 atom stereocenters. The smallest absolute Gasteiger partial charge is 0.255 e. The molecule has 2 aliphatic carbocycles. The van der Waals surface area contributed by atoms with Crippen LogP contribution in [-0.2, 0) is 15.4 Å². The summed E-state index contributed by atoms with van der Waals surface area (Å²) in [6.45, 7) is 0. The Morgan fingerprint density at radius 1 is 1.00 bits per heavy atom. The van der Waals surface area contributed by atoms with Gasteiger partial charge in [-0.2, -0.15) is 0 Å². The first-order valence-corrected chi connectivity index (χ1v) is 8.27. The Morgan fingerprint density at radius 3 is 2.12 bits per heavy atom. The Morgan fingerprint density at radius 2 is 1.54 bits per heavy atom. The molecule has 1 aliphatic heterocycles. The molecule has 0 unspecified atom stereocenters. The summed E-state index contributed by atoms with van der Waals surface area (Å²) in [5, 5.41) is 25.7. The largest absolute Gasteiger partial charge is 0.366 e. The van der Waals surface area contributed by atoms with Gasteiger partial charge in [0.15, 0.2) is 0 Å². The standard InChI is InChI=1S/C17H22N2O5/c1-23-18-13-9-5-6-10-14(13)19(24-2)17(22)15(20)11-7-3-4-8-12(11)16(17,18)21/h3-4,7-8,13-14,21-22H,5-6,9-10H2,1-2H3/t13-,14+,16+,17-/m1/s1. The predicted octanol–water partition coefficient (Wildman–Crippen LogP) is 0.768. The highest BCUT2D eigenvalue weighted by Crippen LogP contribution is 2.54. The molecule has 2 fully saturated rings. The van der Waals surface area contributed by atoms with Crippen molar-refractivity contribution in [2.24, 2.45) is 0 Å². The van der Waals surface area contributed by atoms with Crippen LogP contribution in [-0.4, -0.2) is 58.2 Å². The number of carbonyl (C=O) groups is 1. The quantitative estimate of drug-likeness (QED) is 0.826. The summed E-state index contributed by atoms with van der Waals surface area (Å²) in [4.78, 5) is 24.0. The van der Waals surface area contributed by atoms with E-state index in [-0.39, 0.29) is 17.6 Å². The number of ketones is 1. The van der Waals surface area contributed by atoms with Crippen molar-refractivity contribution in [1.82, 2.24) is 10.1 Å². The van der Waals surface area contributed by atoms with Crippen molar-refractivity contribution in [1.29, 1.82) is 0 Å². The van der Waals surface area contributed by atoms with Gasteiger partial charge in [-0.1, -0.05) is 37.1 Å². The summed E-state index contributed by atoms with van der Waals surface area (Å²) < 4.78 is 0. The van der Waals surface area contributed by atoms with E-state index in [1.54, 1.807) is 24.3 Å². The summed E-state index contributed by atoms with van der Waals surface area (Å²) in [7, 11) is 2.88. The molecule has 1 saturated carbocycles. The second kappa shape index (κ2) is 5.32. The van der Waals surface area contributed by atoms with Crippen molar-refractivity contribution in [3.63, 3.8) is 0 Å². The third-order valence-electron chi connectivity index (χ3n) is 5.68. The number of hydrogen-bond donors (Lipinski definition) is 2. The van der Waals surface area contributed by atoms with Crippen LogP contribution in [0.1, 0.15) is 41.6 Å². The minimum Gasteiger partial charge on any atom is -0.366 e. The summed E-state index contributed by atoms with van der Waals surface area (Å²) >= 11 is 0. The van der Waals surface area contributed by atoms with Gasteiger partial charge in [0.2, 0.25) is 11.5 Å². The first-order chi connectivity index (χ1) is 11.5. The van der Waals surface area contributed by atoms with E-state index in [9.17, 15) is 15.0 Å². The van der Waals surface area contributed by atoms with Gasteiger partial charge >= 0.3 is 0 Å². The number of hydroxylamine groups is 4. The zero-order valence-corrected chi connectivity index (χ0v) is 13.8. The molecule has 1 aromatic carbocycles. The number of rotatable bonds is 2. The lowest BCUT2D eigenvalue weighted by atomic mass is 9.81. The van der Waals surface area contributed by atoms with Crippen molar-refractivity contribution < 1.29 is 24.7 Å². The van der Waals surface area contributed by atoms with Crippen LogP contribution >= 0.6 is 0 Å². The molecule has 0 bridgehead atoms. The maximum Gasteiger partial charge on any atom is 0.255 e. The predicted molar refractivity (Wildman–Crippen MR) is 83.4 cm³/mol. The van der Waals surface area contributed by atoms with Crippen LogP contribution in [0.3, 0.4) is 0 Å². The molecule has 0 radical (unpaired) electrons. The number of nitrogens with zero attached hydrogens (tertiary/aromatic N) is 2. The second-order valence-corrected chi connectivity index (χ2v) is 6.66. The van der Waals surface area contributed by atoms with Gasteiger partial charge in [-0.25, -0.2) is 0 Å². The molecular formula is C17H22N2O5. The Labute approximate surface area is 140 Å². The molecule has 0 amide bonds. The van der Waals surface area contributed by atoms with Crippen LogP contribution in [0, 0.1) is 0 Å². The lowest BCUT2D eigenvalue weighted by Crippen LogP contribution is -2.79. The van der Waals surface area contributed by atoms with E-state index in [1.807, 2.05) is 0 Å². The summed E-state index contributed by atoms with van der Waals surface area (Å²) in [6.07, 6.45) is 3.49. The number of benzene rings is 1. The number of aliphatic hydroxyl groups is 2. The minimum atomic E-state index is -2.25. The maximum absolute atomic E-state index is 13.0. The molecule has 4 rings (SSSR count). The third-order valence-corrected chi connectivity index (χ3v) is 5.68. The topological polar surface area (TPSA) is 82.5 Å². The number of Topliss-reactive ketones (excluding diaryl/α,β-unsaturated/α-hetero) is 1. The fourth-order valence-electron chi connectivity index (χ4n) is 4.70. The Balaban J connectivity index is 1.97. The van der Waals surface area contributed by atoms with E-state index >= 15 is 0 Å². The maximum atomic E-state index is 13.0. The minimum absolute atomic E-state index is 0.187. The average Bonchev–Trinajstić information content (AvgIpc) is 2.79. The summed E-state index contributed by atoms with van der Waals surface area (Å²) in [5.41, 5.74) is -3.65. The molecule has 0 aromatic heterocycles. The average molecular weight is 334 g/mol. The molecular weight excluding hydrogens is 312 g/mol. The van der Waals surface area contributed by atoms with Gasteiger partial charge in [0.05, 0.1) is 26.3 Å².